The Balaban J connectivity index is 2.35. The molecule has 2 atom stereocenters. The van der Waals surface area contributed by atoms with Crippen LogP contribution < -0.4 is 15.2 Å². The van der Waals surface area contributed by atoms with Crippen LogP contribution in [0.3, 0.4) is 0 Å². The molecule has 1 fully saturated rings. The highest BCUT2D eigenvalue weighted by atomic mass is 35.5. The van der Waals surface area contributed by atoms with E-state index in [1.807, 2.05) is 12.1 Å². The summed E-state index contributed by atoms with van der Waals surface area (Å²) in [6, 6.07) is 4.01. The number of nitrogens with zero attached hydrogens (tertiary/aromatic N) is 1. The molecule has 112 valence electrons. The Bertz CT molecular complexity index is 467. The summed E-state index contributed by atoms with van der Waals surface area (Å²) in [7, 11) is 3.21. The van der Waals surface area contributed by atoms with E-state index in [1.54, 1.807) is 14.2 Å². The highest BCUT2D eigenvalue weighted by Gasteiger charge is 2.29. The van der Waals surface area contributed by atoms with Crippen LogP contribution in [0.15, 0.2) is 12.1 Å². The molecule has 0 bridgehead atoms. The van der Waals surface area contributed by atoms with Crippen molar-refractivity contribution in [3.63, 3.8) is 0 Å². The van der Waals surface area contributed by atoms with Crippen LogP contribution in [0.4, 0.5) is 0 Å². The minimum atomic E-state index is 0.132. The number of ether oxygens (including phenoxy) is 2. The van der Waals surface area contributed by atoms with Crippen LogP contribution in [0, 0.1) is 5.92 Å². The van der Waals surface area contributed by atoms with Crippen molar-refractivity contribution in [2.24, 2.45) is 11.7 Å². The lowest BCUT2D eigenvalue weighted by Crippen LogP contribution is -2.32. The number of halogens is 1. The lowest BCUT2D eigenvalue weighted by molar-refractivity contribution is 0.243. The second-order valence-corrected chi connectivity index (χ2v) is 5.72. The maximum absolute atomic E-state index is 6.49. The topological polar surface area (TPSA) is 47.7 Å². The van der Waals surface area contributed by atoms with Gasteiger partial charge in [0.1, 0.15) is 0 Å². The first-order chi connectivity index (χ1) is 9.62. The minimum absolute atomic E-state index is 0.132. The molecule has 0 amide bonds. The van der Waals surface area contributed by atoms with Gasteiger partial charge in [-0.3, -0.25) is 4.90 Å². The number of nitrogens with two attached hydrogens (primary N) is 1. The molecule has 1 aromatic rings. The number of hydrogen-bond acceptors (Lipinski definition) is 4. The first-order valence-electron chi connectivity index (χ1n) is 6.96. The van der Waals surface area contributed by atoms with Crippen LogP contribution in [-0.4, -0.2) is 38.8 Å². The van der Waals surface area contributed by atoms with Gasteiger partial charge >= 0.3 is 0 Å². The number of likely N-dealkylation sites (tertiary alicyclic amines) is 1. The van der Waals surface area contributed by atoms with Gasteiger partial charge in [0.2, 0.25) is 0 Å². The van der Waals surface area contributed by atoms with E-state index in [0.29, 0.717) is 29.0 Å². The van der Waals surface area contributed by atoms with Gasteiger partial charge in [0.25, 0.3) is 0 Å². The van der Waals surface area contributed by atoms with Gasteiger partial charge in [-0.2, -0.15) is 0 Å². The summed E-state index contributed by atoms with van der Waals surface area (Å²) in [6.07, 6.45) is 1.21. The molecule has 1 aliphatic heterocycles. The van der Waals surface area contributed by atoms with Crippen molar-refractivity contribution < 1.29 is 9.47 Å². The van der Waals surface area contributed by atoms with Gasteiger partial charge < -0.3 is 15.2 Å². The van der Waals surface area contributed by atoms with Crippen LogP contribution >= 0.6 is 11.6 Å². The van der Waals surface area contributed by atoms with Gasteiger partial charge in [0.15, 0.2) is 11.5 Å². The van der Waals surface area contributed by atoms with Crippen LogP contribution in [-0.2, 0) is 0 Å². The standard InChI is InChI=1S/C15H23ClN2O2/c1-10-6-7-18(9-10)12(8-17)11-4-5-13(19-2)15(20-3)14(11)16/h4-5,10,12H,6-9,17H2,1-3H3. The third-order valence-corrected chi connectivity index (χ3v) is 4.38. The lowest BCUT2D eigenvalue weighted by atomic mass is 10.0. The van der Waals surface area contributed by atoms with E-state index >= 15 is 0 Å². The van der Waals surface area contributed by atoms with Crippen LogP contribution in [0.1, 0.15) is 24.9 Å². The zero-order valence-electron chi connectivity index (χ0n) is 12.4. The van der Waals surface area contributed by atoms with Gasteiger partial charge in [0.05, 0.1) is 19.2 Å². The van der Waals surface area contributed by atoms with E-state index in [9.17, 15) is 0 Å². The summed E-state index contributed by atoms with van der Waals surface area (Å²) in [4.78, 5) is 2.40. The molecule has 0 saturated carbocycles. The normalized spacial score (nSPS) is 20.9. The Hall–Kier alpha value is -0.970. The van der Waals surface area contributed by atoms with Crippen molar-refractivity contribution in [2.75, 3.05) is 33.9 Å². The zero-order chi connectivity index (χ0) is 14.7. The summed E-state index contributed by atoms with van der Waals surface area (Å²) in [5, 5.41) is 0.599. The Kier molecular flexibility index (Phi) is 5.13. The summed E-state index contributed by atoms with van der Waals surface area (Å²) in [5.74, 6) is 1.94. The maximum Gasteiger partial charge on any atom is 0.179 e. The van der Waals surface area contributed by atoms with E-state index in [1.165, 1.54) is 6.42 Å². The molecule has 5 heteroatoms. The molecule has 20 heavy (non-hydrogen) atoms. The van der Waals surface area contributed by atoms with Crippen molar-refractivity contribution in [2.45, 2.75) is 19.4 Å². The molecule has 2 unspecified atom stereocenters. The van der Waals surface area contributed by atoms with Crippen molar-refractivity contribution in [3.05, 3.63) is 22.7 Å². The molecule has 1 aliphatic rings. The van der Waals surface area contributed by atoms with Gasteiger partial charge in [-0.05, 0) is 30.5 Å². The third-order valence-electron chi connectivity index (χ3n) is 3.99. The highest BCUT2D eigenvalue weighted by molar-refractivity contribution is 6.33. The summed E-state index contributed by atoms with van der Waals surface area (Å²) >= 11 is 6.49. The van der Waals surface area contributed by atoms with Crippen molar-refractivity contribution in [3.8, 4) is 11.5 Å². The fraction of sp³-hybridized carbons (Fsp3) is 0.600. The monoisotopic (exact) mass is 298 g/mol. The van der Waals surface area contributed by atoms with Crippen LogP contribution in [0.5, 0.6) is 11.5 Å². The number of rotatable bonds is 5. The molecule has 0 radical (unpaired) electrons. The second kappa shape index (κ2) is 6.66. The predicted octanol–water partition coefficient (Wildman–Crippen LogP) is 2.70. The second-order valence-electron chi connectivity index (χ2n) is 5.34. The molecule has 2 rings (SSSR count). The summed E-state index contributed by atoms with van der Waals surface area (Å²) in [5.41, 5.74) is 7.00. The Morgan fingerprint density at radius 2 is 2.15 bits per heavy atom. The molecule has 1 heterocycles. The third kappa shape index (κ3) is 2.87. The lowest BCUT2D eigenvalue weighted by Gasteiger charge is -2.28. The fourth-order valence-electron chi connectivity index (χ4n) is 2.89. The number of methoxy groups -OCH3 is 2. The average molecular weight is 299 g/mol. The summed E-state index contributed by atoms with van der Waals surface area (Å²) in [6.45, 7) is 4.94. The van der Waals surface area contributed by atoms with E-state index in [2.05, 4.69) is 11.8 Å². The molecule has 0 aliphatic carbocycles. The van der Waals surface area contributed by atoms with E-state index < -0.39 is 0 Å². The van der Waals surface area contributed by atoms with Crippen molar-refractivity contribution in [1.82, 2.24) is 4.90 Å². The quantitative estimate of drug-likeness (QED) is 0.908. The van der Waals surface area contributed by atoms with Gasteiger partial charge in [-0.1, -0.05) is 24.6 Å². The molecular formula is C15H23ClN2O2. The SMILES string of the molecule is COc1ccc(C(CN)N2CCC(C)C2)c(Cl)c1OC. The van der Waals surface area contributed by atoms with Gasteiger partial charge in [-0.25, -0.2) is 0 Å². The minimum Gasteiger partial charge on any atom is -0.493 e. The van der Waals surface area contributed by atoms with E-state index in [-0.39, 0.29) is 6.04 Å². The van der Waals surface area contributed by atoms with E-state index in [4.69, 9.17) is 26.8 Å². The summed E-state index contributed by atoms with van der Waals surface area (Å²) < 4.78 is 10.6. The van der Waals surface area contributed by atoms with E-state index in [0.717, 1.165) is 18.7 Å². The zero-order valence-corrected chi connectivity index (χ0v) is 13.1. The molecule has 0 aromatic heterocycles. The molecular weight excluding hydrogens is 276 g/mol. The van der Waals surface area contributed by atoms with Gasteiger partial charge in [0, 0.05) is 19.1 Å². The average Bonchev–Trinajstić information content (AvgIpc) is 2.87. The Morgan fingerprint density at radius 1 is 1.40 bits per heavy atom. The first kappa shape index (κ1) is 15.4. The predicted molar refractivity (Wildman–Crippen MR) is 81.7 cm³/mol. The molecule has 4 nitrogen and oxygen atoms in total. The highest BCUT2D eigenvalue weighted by Crippen LogP contribution is 2.41. The first-order valence-corrected chi connectivity index (χ1v) is 7.34. The van der Waals surface area contributed by atoms with Crippen molar-refractivity contribution >= 4 is 11.6 Å². The molecule has 0 spiro atoms. The molecule has 1 saturated heterocycles. The Labute approximate surface area is 125 Å². The molecule has 1 aromatic carbocycles. The smallest absolute Gasteiger partial charge is 0.179 e. The van der Waals surface area contributed by atoms with Gasteiger partial charge in [-0.15, -0.1) is 0 Å². The molecule has 2 N–H and O–H groups in total. The van der Waals surface area contributed by atoms with Crippen molar-refractivity contribution in [1.29, 1.82) is 0 Å². The van der Waals surface area contributed by atoms with Crippen LogP contribution in [0.2, 0.25) is 5.02 Å². The largest absolute Gasteiger partial charge is 0.493 e. The Morgan fingerprint density at radius 3 is 2.65 bits per heavy atom. The number of hydrogen-bond donors (Lipinski definition) is 1. The van der Waals surface area contributed by atoms with Crippen LogP contribution in [0.25, 0.3) is 0 Å². The fourth-order valence-corrected chi connectivity index (χ4v) is 3.25. The maximum atomic E-state index is 6.49. The number of benzene rings is 1.